The fraction of sp³-hybridized carbons (Fsp3) is 0.136. The third kappa shape index (κ3) is 3.23. The molecule has 0 aliphatic heterocycles. The van der Waals surface area contributed by atoms with E-state index in [-0.39, 0.29) is 12.4 Å². The molecule has 0 aliphatic carbocycles. The zero-order chi connectivity index (χ0) is 16.5. The number of benzene rings is 3. The first-order valence-corrected chi connectivity index (χ1v) is 8.45. The highest BCUT2D eigenvalue weighted by Gasteiger charge is 2.16. The summed E-state index contributed by atoms with van der Waals surface area (Å²) in [7, 11) is 0. The summed E-state index contributed by atoms with van der Waals surface area (Å²) in [5.41, 5.74) is 6.01. The van der Waals surface area contributed by atoms with Crippen LogP contribution in [0.4, 0.5) is 11.4 Å². The van der Waals surface area contributed by atoms with E-state index in [1.54, 1.807) is 0 Å². The Morgan fingerprint density at radius 1 is 0.720 bits per heavy atom. The lowest BCUT2D eigenvalue weighted by molar-refractivity contribution is -0.476. The van der Waals surface area contributed by atoms with Crippen LogP contribution in [-0.4, -0.2) is 4.98 Å². The van der Waals surface area contributed by atoms with Crippen LogP contribution in [0.3, 0.4) is 0 Å². The van der Waals surface area contributed by atoms with Gasteiger partial charge in [-0.25, -0.2) is 4.98 Å². The van der Waals surface area contributed by atoms with E-state index in [4.69, 9.17) is 4.98 Å². The number of pyridine rings is 1. The molecule has 0 spiro atoms. The SMILES string of the molecule is CC(C)c1ccccc1[NH2+]c1c2ccccc2nc2ccccc12.[Cl-]. The molecule has 0 saturated heterocycles. The molecule has 3 aromatic carbocycles. The van der Waals surface area contributed by atoms with Crippen LogP contribution < -0.4 is 17.7 Å². The van der Waals surface area contributed by atoms with E-state index in [2.05, 4.69) is 92.0 Å². The number of hydrogen-bond donors (Lipinski definition) is 1. The first-order valence-electron chi connectivity index (χ1n) is 8.45. The molecule has 126 valence electrons. The lowest BCUT2D eigenvalue weighted by Gasteiger charge is -2.13. The minimum Gasteiger partial charge on any atom is -1.00 e. The first kappa shape index (κ1) is 17.4. The van der Waals surface area contributed by atoms with E-state index in [9.17, 15) is 0 Å². The quantitative estimate of drug-likeness (QED) is 0.445. The summed E-state index contributed by atoms with van der Waals surface area (Å²) < 4.78 is 0. The van der Waals surface area contributed by atoms with Gasteiger partial charge in [-0.1, -0.05) is 56.3 Å². The van der Waals surface area contributed by atoms with Crippen molar-refractivity contribution in [2.24, 2.45) is 0 Å². The fourth-order valence-corrected chi connectivity index (χ4v) is 3.35. The summed E-state index contributed by atoms with van der Waals surface area (Å²) in [6.45, 7) is 4.49. The highest BCUT2D eigenvalue weighted by atomic mass is 35.5. The summed E-state index contributed by atoms with van der Waals surface area (Å²) in [6, 6.07) is 25.5. The second-order valence-electron chi connectivity index (χ2n) is 6.49. The molecule has 2 N–H and O–H groups in total. The Hall–Kier alpha value is -2.42. The first-order chi connectivity index (χ1) is 11.7. The topological polar surface area (TPSA) is 29.5 Å². The van der Waals surface area contributed by atoms with Crippen molar-refractivity contribution in [3.8, 4) is 0 Å². The number of aromatic nitrogens is 1. The minimum atomic E-state index is 0. The number of hydrogen-bond acceptors (Lipinski definition) is 1. The van der Waals surface area contributed by atoms with Gasteiger partial charge in [0, 0.05) is 5.56 Å². The molecule has 0 amide bonds. The van der Waals surface area contributed by atoms with Crippen LogP contribution in [0.25, 0.3) is 21.8 Å². The van der Waals surface area contributed by atoms with Gasteiger partial charge in [0.05, 0.1) is 21.8 Å². The van der Waals surface area contributed by atoms with Gasteiger partial charge >= 0.3 is 0 Å². The maximum Gasteiger partial charge on any atom is 0.153 e. The molecule has 0 atom stereocenters. The van der Waals surface area contributed by atoms with Gasteiger partial charge in [-0.15, -0.1) is 0 Å². The van der Waals surface area contributed by atoms with Crippen molar-refractivity contribution < 1.29 is 17.7 Å². The third-order valence-electron chi connectivity index (χ3n) is 4.55. The largest absolute Gasteiger partial charge is 1.00 e. The maximum atomic E-state index is 4.82. The molecule has 4 rings (SSSR count). The summed E-state index contributed by atoms with van der Waals surface area (Å²) in [5, 5.41) is 4.73. The Morgan fingerprint density at radius 3 is 1.84 bits per heavy atom. The van der Waals surface area contributed by atoms with E-state index < -0.39 is 0 Å². The molecule has 1 heterocycles. The van der Waals surface area contributed by atoms with Crippen LogP contribution in [-0.2, 0) is 0 Å². The highest BCUT2D eigenvalue weighted by molar-refractivity contribution is 6.03. The molecule has 0 aliphatic rings. The van der Waals surface area contributed by atoms with Gasteiger partial charge in [-0.2, -0.15) is 0 Å². The van der Waals surface area contributed by atoms with Gasteiger partial charge in [0.25, 0.3) is 0 Å². The lowest BCUT2D eigenvalue weighted by atomic mass is 10.0. The minimum absolute atomic E-state index is 0. The zero-order valence-corrected chi connectivity index (χ0v) is 15.2. The number of fused-ring (bicyclic) bond motifs is 2. The lowest BCUT2D eigenvalue weighted by Crippen LogP contribution is -3.00. The molecule has 0 bridgehead atoms. The number of para-hydroxylation sites is 3. The number of nitrogens with zero attached hydrogens (tertiary/aromatic N) is 1. The van der Waals surface area contributed by atoms with Crippen LogP contribution in [0.1, 0.15) is 25.3 Å². The van der Waals surface area contributed by atoms with E-state index in [0.29, 0.717) is 5.92 Å². The standard InChI is InChI=1S/C22H20N2.ClH/c1-15(2)16-9-3-6-12-19(16)24-22-17-10-4-7-13-20(17)23-21-14-8-5-11-18(21)22;/h3-15H,1-2H3,(H,23,24);1H. The predicted molar refractivity (Wildman–Crippen MR) is 101 cm³/mol. The average molecular weight is 349 g/mol. The van der Waals surface area contributed by atoms with Crippen LogP contribution in [0.2, 0.25) is 0 Å². The van der Waals surface area contributed by atoms with Gasteiger partial charge < -0.3 is 12.4 Å². The van der Waals surface area contributed by atoms with E-state index >= 15 is 0 Å². The molecule has 3 heteroatoms. The summed E-state index contributed by atoms with van der Waals surface area (Å²) in [4.78, 5) is 4.82. The normalized spacial score (nSPS) is 11.0. The number of rotatable bonds is 3. The molecule has 0 radical (unpaired) electrons. The number of halogens is 1. The molecule has 2 nitrogen and oxygen atoms in total. The fourth-order valence-electron chi connectivity index (χ4n) is 3.35. The van der Waals surface area contributed by atoms with Crippen LogP contribution in [0.15, 0.2) is 72.8 Å². The van der Waals surface area contributed by atoms with Crippen molar-refractivity contribution in [3.05, 3.63) is 78.4 Å². The number of nitrogens with two attached hydrogens (primary N) is 1. The van der Waals surface area contributed by atoms with Gasteiger partial charge in [-0.05, 0) is 36.2 Å². The average Bonchev–Trinajstić information content (AvgIpc) is 2.62. The van der Waals surface area contributed by atoms with Crippen molar-refractivity contribution >= 4 is 33.2 Å². The Kier molecular flexibility index (Phi) is 5.03. The van der Waals surface area contributed by atoms with Gasteiger partial charge in [-0.3, -0.25) is 5.32 Å². The monoisotopic (exact) mass is 348 g/mol. The van der Waals surface area contributed by atoms with E-state index in [0.717, 1.165) is 11.0 Å². The summed E-state index contributed by atoms with van der Waals surface area (Å²) >= 11 is 0. The van der Waals surface area contributed by atoms with Crippen LogP contribution in [0.5, 0.6) is 0 Å². The number of quaternary nitrogens is 1. The smallest absolute Gasteiger partial charge is 0.153 e. The Balaban J connectivity index is 0.00000182. The molecule has 1 aromatic heterocycles. The van der Waals surface area contributed by atoms with E-state index in [1.165, 1.54) is 27.7 Å². The molecular formula is C22H21ClN2. The molecule has 25 heavy (non-hydrogen) atoms. The Bertz CT molecular complexity index is 971. The van der Waals surface area contributed by atoms with Gasteiger partial charge in [0.2, 0.25) is 0 Å². The molecule has 0 saturated carbocycles. The van der Waals surface area contributed by atoms with Gasteiger partial charge in [0.1, 0.15) is 5.69 Å². The van der Waals surface area contributed by atoms with Crippen molar-refractivity contribution in [2.45, 2.75) is 19.8 Å². The maximum absolute atomic E-state index is 4.82. The van der Waals surface area contributed by atoms with Crippen molar-refractivity contribution in [3.63, 3.8) is 0 Å². The zero-order valence-electron chi connectivity index (χ0n) is 14.4. The third-order valence-corrected chi connectivity index (χ3v) is 4.55. The second kappa shape index (κ2) is 7.22. The van der Waals surface area contributed by atoms with Crippen molar-refractivity contribution in [1.29, 1.82) is 0 Å². The van der Waals surface area contributed by atoms with Gasteiger partial charge in [0.15, 0.2) is 5.69 Å². The summed E-state index contributed by atoms with van der Waals surface area (Å²) in [6.07, 6.45) is 0. The Morgan fingerprint density at radius 2 is 1.24 bits per heavy atom. The molecule has 4 aromatic rings. The Labute approximate surface area is 154 Å². The van der Waals surface area contributed by atoms with E-state index in [1.807, 2.05) is 0 Å². The van der Waals surface area contributed by atoms with Crippen LogP contribution >= 0.6 is 0 Å². The van der Waals surface area contributed by atoms with Crippen molar-refractivity contribution in [2.75, 3.05) is 0 Å². The molecule has 0 unspecified atom stereocenters. The van der Waals surface area contributed by atoms with Crippen LogP contribution in [0, 0.1) is 0 Å². The van der Waals surface area contributed by atoms with Crippen molar-refractivity contribution in [1.82, 2.24) is 4.98 Å². The second-order valence-corrected chi connectivity index (χ2v) is 6.49. The highest BCUT2D eigenvalue weighted by Crippen LogP contribution is 2.29. The molecule has 0 fully saturated rings. The summed E-state index contributed by atoms with van der Waals surface area (Å²) in [5.74, 6) is 0.497. The predicted octanol–water partition coefficient (Wildman–Crippen LogP) is 2.04. The molecular weight excluding hydrogens is 328 g/mol.